The third-order valence-electron chi connectivity index (χ3n) is 5.76. The van der Waals surface area contributed by atoms with Crippen molar-refractivity contribution in [3.05, 3.63) is 72.3 Å². The highest BCUT2D eigenvalue weighted by atomic mass is 16.5. The average molecular weight is 359 g/mol. The minimum atomic E-state index is -0.524. The van der Waals surface area contributed by atoms with Gasteiger partial charge in [-0.3, -0.25) is 9.59 Å². The topological polar surface area (TPSA) is 63.7 Å². The Morgan fingerprint density at radius 1 is 0.889 bits per heavy atom. The Bertz CT molecular complexity index is 951. The number of benzene rings is 2. The lowest BCUT2D eigenvalue weighted by atomic mass is 9.85. The number of hydrogen-bond donors (Lipinski definition) is 0. The summed E-state index contributed by atoms with van der Waals surface area (Å²) in [6, 6.07) is 15.3. The van der Waals surface area contributed by atoms with Crippen molar-refractivity contribution in [1.29, 1.82) is 0 Å². The Morgan fingerprint density at radius 2 is 1.56 bits per heavy atom. The maximum atomic E-state index is 12.9. The van der Waals surface area contributed by atoms with Gasteiger partial charge in [0.05, 0.1) is 23.1 Å². The number of carbonyl (C=O) groups excluding carboxylic acids is 3. The number of anilines is 1. The summed E-state index contributed by atoms with van der Waals surface area (Å²) < 4.78 is 5.35. The minimum Gasteiger partial charge on any atom is -0.423 e. The standard InChI is InChI=1S/C22H17NO4/c24-20-18-13-9-10-14(11-13)19(18)21(25)23(20)16-6-4-5-15(12-16)22(26)27-17-7-2-1-3-8-17/h1-10,12-14,18-19H,11H2/t13-,14-,18-,19+/m0/s1. The summed E-state index contributed by atoms with van der Waals surface area (Å²) in [5.74, 6) is -0.589. The summed E-state index contributed by atoms with van der Waals surface area (Å²) >= 11 is 0. The predicted molar refractivity (Wildman–Crippen MR) is 98.1 cm³/mol. The van der Waals surface area contributed by atoms with E-state index in [4.69, 9.17) is 4.74 Å². The van der Waals surface area contributed by atoms with Gasteiger partial charge in [-0.05, 0) is 48.6 Å². The molecular weight excluding hydrogens is 342 g/mol. The van der Waals surface area contributed by atoms with E-state index in [0.29, 0.717) is 17.0 Å². The third-order valence-corrected chi connectivity index (χ3v) is 5.76. The van der Waals surface area contributed by atoms with Gasteiger partial charge < -0.3 is 4.74 Å². The summed E-state index contributed by atoms with van der Waals surface area (Å²) in [7, 11) is 0. The second kappa shape index (κ2) is 5.91. The summed E-state index contributed by atoms with van der Waals surface area (Å²) in [5, 5.41) is 0. The minimum absolute atomic E-state index is 0.157. The van der Waals surface area contributed by atoms with Gasteiger partial charge in [-0.2, -0.15) is 0 Å². The van der Waals surface area contributed by atoms with Crippen LogP contribution in [0.25, 0.3) is 0 Å². The molecule has 5 nitrogen and oxygen atoms in total. The van der Waals surface area contributed by atoms with Crippen molar-refractivity contribution in [1.82, 2.24) is 0 Å². The van der Waals surface area contributed by atoms with Crippen molar-refractivity contribution >= 4 is 23.5 Å². The number of allylic oxidation sites excluding steroid dienone is 2. The summed E-state index contributed by atoms with van der Waals surface area (Å²) in [6.07, 6.45) is 5.02. The molecule has 0 unspecified atom stereocenters. The molecule has 0 N–H and O–H groups in total. The van der Waals surface area contributed by atoms with Gasteiger partial charge in [0, 0.05) is 0 Å². The predicted octanol–water partition coefficient (Wildman–Crippen LogP) is 3.22. The van der Waals surface area contributed by atoms with Crippen LogP contribution in [-0.4, -0.2) is 17.8 Å². The molecular formula is C22H17NO4. The van der Waals surface area contributed by atoms with Gasteiger partial charge in [-0.25, -0.2) is 9.69 Å². The number of rotatable bonds is 3. The molecule has 2 aromatic carbocycles. The van der Waals surface area contributed by atoms with Gasteiger partial charge in [0.1, 0.15) is 5.75 Å². The number of carbonyl (C=O) groups is 3. The molecule has 3 aliphatic rings. The second-order valence-electron chi connectivity index (χ2n) is 7.26. The zero-order valence-electron chi connectivity index (χ0n) is 14.4. The van der Waals surface area contributed by atoms with Crippen LogP contribution in [0.15, 0.2) is 66.7 Å². The molecule has 1 aliphatic heterocycles. The van der Waals surface area contributed by atoms with E-state index in [1.54, 1.807) is 48.5 Å². The normalized spacial score (nSPS) is 27.9. The molecule has 1 saturated carbocycles. The molecule has 2 amide bonds. The highest BCUT2D eigenvalue weighted by molar-refractivity contribution is 6.23. The lowest BCUT2D eigenvalue weighted by molar-refractivity contribution is -0.123. The van der Waals surface area contributed by atoms with Crippen LogP contribution >= 0.6 is 0 Å². The number of para-hydroxylation sites is 1. The number of amides is 2. The van der Waals surface area contributed by atoms with E-state index in [1.165, 1.54) is 4.90 Å². The molecule has 2 bridgehead atoms. The van der Waals surface area contributed by atoms with Crippen LogP contribution in [0, 0.1) is 23.7 Å². The van der Waals surface area contributed by atoms with Gasteiger partial charge in [0.2, 0.25) is 11.8 Å². The Labute approximate surface area is 156 Å². The number of ether oxygens (including phenoxy) is 1. The Balaban J connectivity index is 1.42. The smallest absolute Gasteiger partial charge is 0.343 e. The quantitative estimate of drug-likeness (QED) is 0.365. The molecule has 1 heterocycles. The summed E-state index contributed by atoms with van der Waals surface area (Å²) in [6.45, 7) is 0. The Hall–Kier alpha value is -3.21. The van der Waals surface area contributed by atoms with Crippen LogP contribution in [0.5, 0.6) is 5.75 Å². The van der Waals surface area contributed by atoms with Crippen LogP contribution in [0.1, 0.15) is 16.8 Å². The van der Waals surface area contributed by atoms with Gasteiger partial charge in [-0.15, -0.1) is 0 Å². The molecule has 5 heteroatoms. The molecule has 1 saturated heterocycles. The number of fused-ring (bicyclic) bond motifs is 5. The van der Waals surface area contributed by atoms with Crippen LogP contribution in [0.4, 0.5) is 5.69 Å². The van der Waals surface area contributed by atoms with Crippen LogP contribution in [-0.2, 0) is 9.59 Å². The van der Waals surface area contributed by atoms with Crippen molar-refractivity contribution < 1.29 is 19.1 Å². The molecule has 2 fully saturated rings. The largest absolute Gasteiger partial charge is 0.423 e. The Kier molecular flexibility index (Phi) is 3.50. The van der Waals surface area contributed by atoms with E-state index < -0.39 is 5.97 Å². The molecule has 2 aliphatic carbocycles. The fourth-order valence-corrected chi connectivity index (χ4v) is 4.58. The van der Waals surface area contributed by atoms with Crippen LogP contribution in [0.3, 0.4) is 0 Å². The molecule has 0 aromatic heterocycles. The van der Waals surface area contributed by atoms with Gasteiger partial charge >= 0.3 is 5.97 Å². The average Bonchev–Trinajstić information content (AvgIpc) is 3.36. The van der Waals surface area contributed by atoms with Crippen molar-refractivity contribution in [2.24, 2.45) is 23.7 Å². The van der Waals surface area contributed by atoms with Gasteiger partial charge in [-0.1, -0.05) is 36.4 Å². The number of nitrogens with zero attached hydrogens (tertiary/aromatic N) is 1. The first-order valence-electron chi connectivity index (χ1n) is 9.07. The highest BCUT2D eigenvalue weighted by Crippen LogP contribution is 2.53. The van der Waals surface area contributed by atoms with Gasteiger partial charge in [0.15, 0.2) is 0 Å². The van der Waals surface area contributed by atoms with Crippen LogP contribution in [0.2, 0.25) is 0 Å². The van der Waals surface area contributed by atoms with E-state index in [0.717, 1.165) is 6.42 Å². The van der Waals surface area contributed by atoms with E-state index in [-0.39, 0.29) is 35.5 Å². The first-order valence-corrected chi connectivity index (χ1v) is 9.07. The van der Waals surface area contributed by atoms with E-state index >= 15 is 0 Å². The van der Waals surface area contributed by atoms with E-state index in [1.807, 2.05) is 6.07 Å². The number of imide groups is 1. The van der Waals surface area contributed by atoms with Crippen molar-refractivity contribution in [3.63, 3.8) is 0 Å². The van der Waals surface area contributed by atoms with Gasteiger partial charge in [0.25, 0.3) is 0 Å². The molecule has 2 aromatic rings. The van der Waals surface area contributed by atoms with Crippen molar-refractivity contribution in [2.45, 2.75) is 6.42 Å². The third kappa shape index (κ3) is 2.42. The van der Waals surface area contributed by atoms with E-state index in [9.17, 15) is 14.4 Å². The fraction of sp³-hybridized carbons (Fsp3) is 0.227. The SMILES string of the molecule is O=C(Oc1ccccc1)c1cccc(N2C(=O)[C@@H]3[C@H](C2=O)[C@H]2C=C[C@H]3C2)c1. The maximum Gasteiger partial charge on any atom is 0.343 e. The molecule has 0 spiro atoms. The van der Waals surface area contributed by atoms with Crippen LogP contribution < -0.4 is 9.64 Å². The molecule has 27 heavy (non-hydrogen) atoms. The second-order valence-corrected chi connectivity index (χ2v) is 7.26. The van der Waals surface area contributed by atoms with E-state index in [2.05, 4.69) is 12.2 Å². The summed E-state index contributed by atoms with van der Waals surface area (Å²) in [4.78, 5) is 39.5. The van der Waals surface area contributed by atoms with Crippen molar-refractivity contribution in [3.8, 4) is 5.75 Å². The Morgan fingerprint density at radius 3 is 2.22 bits per heavy atom. The molecule has 5 rings (SSSR count). The van der Waals surface area contributed by atoms with Crippen molar-refractivity contribution in [2.75, 3.05) is 4.90 Å². The maximum absolute atomic E-state index is 12.9. The monoisotopic (exact) mass is 359 g/mol. The summed E-state index contributed by atoms with van der Waals surface area (Å²) in [5.41, 5.74) is 0.733. The zero-order chi connectivity index (χ0) is 18.5. The molecule has 134 valence electrons. The fourth-order valence-electron chi connectivity index (χ4n) is 4.58. The first-order chi connectivity index (χ1) is 13.1. The lowest BCUT2D eigenvalue weighted by Gasteiger charge is -2.18. The highest BCUT2D eigenvalue weighted by Gasteiger charge is 2.59. The molecule has 4 atom stereocenters. The molecule has 0 radical (unpaired) electrons. The first kappa shape index (κ1) is 16.0. The number of hydrogen-bond acceptors (Lipinski definition) is 4. The zero-order valence-corrected chi connectivity index (χ0v) is 14.4. The lowest BCUT2D eigenvalue weighted by Crippen LogP contribution is -2.33. The number of esters is 1.